The number of benzene rings is 2. The van der Waals surface area contributed by atoms with Crippen LogP contribution in [-0.4, -0.2) is 28.8 Å². The molecule has 32 heavy (non-hydrogen) atoms. The molecule has 0 aliphatic carbocycles. The van der Waals surface area contributed by atoms with Crippen LogP contribution in [0.3, 0.4) is 0 Å². The van der Waals surface area contributed by atoms with Crippen LogP contribution in [0.25, 0.3) is 17.4 Å². The molecule has 2 heterocycles. The molecule has 162 valence electrons. The minimum atomic E-state index is -1.12. The molecule has 7 nitrogen and oxygen atoms in total. The fourth-order valence-corrected chi connectivity index (χ4v) is 3.96. The van der Waals surface area contributed by atoms with Crippen LogP contribution in [0.5, 0.6) is 5.75 Å². The molecule has 0 unspecified atom stereocenters. The van der Waals surface area contributed by atoms with Crippen molar-refractivity contribution in [3.05, 3.63) is 75.8 Å². The fraction of sp³-hybridized carbons (Fsp3) is 0.0870. The summed E-state index contributed by atoms with van der Waals surface area (Å²) < 4.78 is 11.2. The lowest BCUT2D eigenvalue weighted by Gasteiger charge is -2.02. The smallest absolute Gasteiger partial charge is 0.337 e. The summed E-state index contributed by atoms with van der Waals surface area (Å²) in [7, 11) is 0. The molecule has 0 saturated carbocycles. The summed E-state index contributed by atoms with van der Waals surface area (Å²) in [6.07, 6.45) is 1.61. The summed E-state index contributed by atoms with van der Waals surface area (Å²) in [6.45, 7) is 2.50. The van der Waals surface area contributed by atoms with Gasteiger partial charge < -0.3 is 19.6 Å². The summed E-state index contributed by atoms with van der Waals surface area (Å²) in [4.78, 5) is 28.5. The molecule has 1 aliphatic heterocycles. The summed E-state index contributed by atoms with van der Waals surface area (Å²) in [5.74, 6) is 0.265. The van der Waals surface area contributed by atoms with Crippen molar-refractivity contribution in [1.29, 1.82) is 0 Å². The summed E-state index contributed by atoms with van der Waals surface area (Å²) >= 11 is 7.12. The van der Waals surface area contributed by atoms with Crippen LogP contribution >= 0.6 is 23.4 Å². The Balaban J connectivity index is 1.51. The first-order valence-electron chi connectivity index (χ1n) is 9.58. The van der Waals surface area contributed by atoms with Crippen molar-refractivity contribution in [2.45, 2.75) is 6.92 Å². The van der Waals surface area contributed by atoms with Gasteiger partial charge in [0.05, 0.1) is 27.8 Å². The highest BCUT2D eigenvalue weighted by Crippen LogP contribution is 2.31. The SMILES string of the molecule is CCOc1ccc(N=C2NC(=O)/C(=C/c3ccc(-c4ccc(Cl)c(C(=O)O)c4)o3)S2)cc1. The van der Waals surface area contributed by atoms with Crippen molar-refractivity contribution in [2.24, 2.45) is 4.99 Å². The lowest BCUT2D eigenvalue weighted by molar-refractivity contribution is -0.115. The number of carboxylic acid groups (broad SMARTS) is 1. The van der Waals surface area contributed by atoms with Gasteiger partial charge in [-0.3, -0.25) is 4.79 Å². The highest BCUT2D eigenvalue weighted by atomic mass is 35.5. The zero-order chi connectivity index (χ0) is 22.7. The number of halogens is 1. The van der Waals surface area contributed by atoms with Gasteiger partial charge in [-0.1, -0.05) is 11.6 Å². The van der Waals surface area contributed by atoms with Gasteiger partial charge in [0.25, 0.3) is 5.91 Å². The topological polar surface area (TPSA) is 101 Å². The van der Waals surface area contributed by atoms with E-state index in [-0.39, 0.29) is 16.5 Å². The van der Waals surface area contributed by atoms with E-state index in [0.717, 1.165) is 5.75 Å². The van der Waals surface area contributed by atoms with Crippen molar-refractivity contribution >= 4 is 52.2 Å². The molecular formula is C23H17ClN2O5S. The van der Waals surface area contributed by atoms with Crippen molar-refractivity contribution in [3.63, 3.8) is 0 Å². The van der Waals surface area contributed by atoms with E-state index in [1.165, 1.54) is 23.9 Å². The van der Waals surface area contributed by atoms with E-state index in [1.54, 1.807) is 24.3 Å². The van der Waals surface area contributed by atoms with E-state index in [4.69, 9.17) is 20.8 Å². The number of aromatic carboxylic acids is 1. The number of amides is 1. The second kappa shape index (κ2) is 9.33. The largest absolute Gasteiger partial charge is 0.494 e. The number of nitrogens with zero attached hydrogens (tertiary/aromatic N) is 1. The van der Waals surface area contributed by atoms with Crippen LogP contribution in [0.2, 0.25) is 5.02 Å². The zero-order valence-electron chi connectivity index (χ0n) is 16.8. The monoisotopic (exact) mass is 468 g/mol. The number of nitrogens with one attached hydrogen (secondary N) is 1. The first-order chi connectivity index (χ1) is 15.4. The molecule has 4 rings (SSSR count). The molecule has 1 aliphatic rings. The van der Waals surface area contributed by atoms with Crippen molar-refractivity contribution < 1.29 is 23.8 Å². The molecular weight excluding hydrogens is 452 g/mol. The second-order valence-electron chi connectivity index (χ2n) is 6.61. The van der Waals surface area contributed by atoms with Gasteiger partial charge in [-0.05, 0) is 73.3 Å². The lowest BCUT2D eigenvalue weighted by Crippen LogP contribution is -2.19. The quantitative estimate of drug-likeness (QED) is 0.457. The molecule has 1 saturated heterocycles. The third-order valence-electron chi connectivity index (χ3n) is 4.41. The molecule has 1 amide bonds. The normalized spacial score (nSPS) is 15.9. The van der Waals surface area contributed by atoms with Crippen molar-refractivity contribution in [1.82, 2.24) is 5.32 Å². The van der Waals surface area contributed by atoms with Crippen LogP contribution < -0.4 is 10.1 Å². The van der Waals surface area contributed by atoms with E-state index in [9.17, 15) is 14.7 Å². The molecule has 1 fully saturated rings. The van der Waals surface area contributed by atoms with Crippen LogP contribution in [0.1, 0.15) is 23.0 Å². The minimum Gasteiger partial charge on any atom is -0.494 e. The molecule has 2 aromatic carbocycles. The van der Waals surface area contributed by atoms with Crippen molar-refractivity contribution in [3.8, 4) is 17.1 Å². The Labute approximate surface area is 192 Å². The molecule has 0 radical (unpaired) electrons. The van der Waals surface area contributed by atoms with E-state index in [1.807, 2.05) is 31.2 Å². The van der Waals surface area contributed by atoms with Gasteiger partial charge in [-0.15, -0.1) is 0 Å². The van der Waals surface area contributed by atoms with E-state index < -0.39 is 5.97 Å². The highest BCUT2D eigenvalue weighted by Gasteiger charge is 2.24. The molecule has 0 atom stereocenters. The van der Waals surface area contributed by atoms with E-state index in [2.05, 4.69) is 10.3 Å². The van der Waals surface area contributed by atoms with E-state index in [0.29, 0.717) is 39.5 Å². The average molecular weight is 469 g/mol. The third kappa shape index (κ3) is 4.87. The Morgan fingerprint density at radius 2 is 2.00 bits per heavy atom. The molecule has 0 spiro atoms. The zero-order valence-corrected chi connectivity index (χ0v) is 18.4. The molecule has 9 heteroatoms. The van der Waals surface area contributed by atoms with Crippen LogP contribution in [-0.2, 0) is 4.79 Å². The lowest BCUT2D eigenvalue weighted by atomic mass is 10.1. The van der Waals surface area contributed by atoms with Crippen LogP contribution in [0.4, 0.5) is 5.69 Å². The van der Waals surface area contributed by atoms with Crippen molar-refractivity contribution in [2.75, 3.05) is 6.61 Å². The van der Waals surface area contributed by atoms with Crippen LogP contribution in [0.15, 0.2) is 68.9 Å². The maximum Gasteiger partial charge on any atom is 0.337 e. The van der Waals surface area contributed by atoms with Gasteiger partial charge in [-0.25, -0.2) is 9.79 Å². The van der Waals surface area contributed by atoms with Gasteiger partial charge >= 0.3 is 5.97 Å². The van der Waals surface area contributed by atoms with E-state index >= 15 is 0 Å². The standard InChI is InChI=1S/C23H17ClN2O5S/c1-2-30-15-6-4-14(5-7-15)25-23-26-21(27)20(32-23)12-16-8-10-19(31-16)13-3-9-18(24)17(11-13)22(28)29/h3-12H,2H2,1H3,(H,28,29)(H,25,26,27)/b20-12-. The fourth-order valence-electron chi connectivity index (χ4n) is 2.94. The number of carbonyl (C=O) groups excluding carboxylic acids is 1. The molecule has 0 bridgehead atoms. The molecule has 2 N–H and O–H groups in total. The third-order valence-corrected chi connectivity index (χ3v) is 5.65. The Morgan fingerprint density at radius 1 is 1.22 bits per heavy atom. The number of ether oxygens (including phenoxy) is 1. The number of aliphatic imine (C=N–C) groups is 1. The predicted molar refractivity (Wildman–Crippen MR) is 125 cm³/mol. The predicted octanol–water partition coefficient (Wildman–Crippen LogP) is 5.59. The number of furan rings is 1. The van der Waals surface area contributed by atoms with Gasteiger partial charge in [0.1, 0.15) is 17.3 Å². The second-order valence-corrected chi connectivity index (χ2v) is 8.05. The molecule has 1 aromatic heterocycles. The van der Waals surface area contributed by atoms with Gasteiger partial charge in [0.2, 0.25) is 0 Å². The summed E-state index contributed by atoms with van der Waals surface area (Å²) in [5, 5.41) is 12.6. The first kappa shape index (κ1) is 21.7. The summed E-state index contributed by atoms with van der Waals surface area (Å²) in [6, 6.07) is 15.3. The number of hydrogen-bond donors (Lipinski definition) is 2. The maximum absolute atomic E-state index is 12.3. The minimum absolute atomic E-state index is 0.0126. The van der Waals surface area contributed by atoms with Gasteiger partial charge in [-0.2, -0.15) is 0 Å². The van der Waals surface area contributed by atoms with Gasteiger partial charge in [0.15, 0.2) is 5.17 Å². The van der Waals surface area contributed by atoms with Crippen LogP contribution in [0, 0.1) is 0 Å². The Kier molecular flexibility index (Phi) is 6.34. The summed E-state index contributed by atoms with van der Waals surface area (Å²) in [5.41, 5.74) is 1.24. The highest BCUT2D eigenvalue weighted by molar-refractivity contribution is 8.18. The Bertz CT molecular complexity index is 1250. The first-order valence-corrected chi connectivity index (χ1v) is 10.8. The Hall–Kier alpha value is -3.49. The van der Waals surface area contributed by atoms with Gasteiger partial charge in [0, 0.05) is 11.6 Å². The number of hydrogen-bond acceptors (Lipinski definition) is 6. The number of rotatable bonds is 6. The maximum atomic E-state index is 12.3. The average Bonchev–Trinajstić information content (AvgIpc) is 3.36. The number of amidine groups is 1. The number of thioether (sulfide) groups is 1. The number of carbonyl (C=O) groups is 2. The molecule has 3 aromatic rings. The number of carboxylic acids is 1. The Morgan fingerprint density at radius 3 is 2.72 bits per heavy atom.